The Morgan fingerprint density at radius 2 is 1.89 bits per heavy atom. The van der Waals surface area contributed by atoms with E-state index < -0.39 is 11.9 Å². The second-order valence-corrected chi connectivity index (χ2v) is 6.65. The van der Waals surface area contributed by atoms with Gasteiger partial charge >= 0.3 is 11.9 Å². The van der Waals surface area contributed by atoms with E-state index in [2.05, 4.69) is 15.9 Å². The van der Waals surface area contributed by atoms with Crippen LogP contribution in [0.3, 0.4) is 0 Å². The highest BCUT2D eigenvalue weighted by Gasteiger charge is 2.22. The van der Waals surface area contributed by atoms with E-state index in [1.165, 1.54) is 6.92 Å². The van der Waals surface area contributed by atoms with E-state index in [4.69, 9.17) is 14.2 Å². The first-order valence-electron chi connectivity index (χ1n) is 8.33. The molecule has 0 bridgehead atoms. The molecule has 0 spiro atoms. The molecule has 0 radical (unpaired) electrons. The predicted octanol–water partition coefficient (Wildman–Crippen LogP) is 4.75. The average Bonchev–Trinajstić information content (AvgIpc) is 2.98. The maximum atomic E-state index is 12.2. The monoisotopic (exact) mass is 428 g/mol. The predicted molar refractivity (Wildman–Crippen MR) is 105 cm³/mol. The molecular weight excluding hydrogens is 412 g/mol. The molecule has 6 heteroatoms. The normalized spacial score (nSPS) is 14.7. The molecule has 27 heavy (non-hydrogen) atoms. The number of cyclic esters (lactones) is 1. The van der Waals surface area contributed by atoms with E-state index in [9.17, 15) is 9.59 Å². The molecule has 0 aliphatic carbocycles. The van der Waals surface area contributed by atoms with Crippen LogP contribution in [-0.2, 0) is 14.3 Å². The molecule has 2 aromatic carbocycles. The van der Waals surface area contributed by atoms with Gasteiger partial charge in [-0.3, -0.25) is 4.79 Å². The van der Waals surface area contributed by atoms with Gasteiger partial charge in [0.1, 0.15) is 5.76 Å². The summed E-state index contributed by atoms with van der Waals surface area (Å²) in [6.07, 6.45) is 3.40. The average molecular weight is 429 g/mol. The first kappa shape index (κ1) is 18.9. The SMILES string of the molecule is CCOc1cc(C=C2C=C(c3ccc(Br)cc3)OC2=O)ccc1OC(C)=O. The maximum absolute atomic E-state index is 12.2. The summed E-state index contributed by atoms with van der Waals surface area (Å²) in [7, 11) is 0. The lowest BCUT2D eigenvalue weighted by atomic mass is 10.1. The van der Waals surface area contributed by atoms with Crippen LogP contribution in [0.5, 0.6) is 11.5 Å². The topological polar surface area (TPSA) is 61.8 Å². The first-order valence-corrected chi connectivity index (χ1v) is 9.12. The molecule has 1 aliphatic rings. The number of carbonyl (C=O) groups is 2. The second-order valence-electron chi connectivity index (χ2n) is 5.74. The van der Waals surface area contributed by atoms with Crippen LogP contribution in [0.4, 0.5) is 0 Å². The number of halogens is 1. The molecule has 0 unspecified atom stereocenters. The molecule has 0 N–H and O–H groups in total. The molecular formula is C21H17BrO5. The Morgan fingerprint density at radius 3 is 2.56 bits per heavy atom. The van der Waals surface area contributed by atoms with Crippen molar-refractivity contribution in [1.82, 2.24) is 0 Å². The lowest BCUT2D eigenvalue weighted by Crippen LogP contribution is -2.04. The molecule has 0 saturated heterocycles. The van der Waals surface area contributed by atoms with Crippen LogP contribution in [0, 0.1) is 0 Å². The Bertz CT molecular complexity index is 942. The third-order valence-electron chi connectivity index (χ3n) is 3.70. The van der Waals surface area contributed by atoms with Crippen LogP contribution in [0.2, 0.25) is 0 Å². The highest BCUT2D eigenvalue weighted by molar-refractivity contribution is 9.10. The zero-order valence-corrected chi connectivity index (χ0v) is 16.4. The van der Waals surface area contributed by atoms with Crippen LogP contribution < -0.4 is 9.47 Å². The van der Waals surface area contributed by atoms with Crippen molar-refractivity contribution < 1.29 is 23.8 Å². The van der Waals surface area contributed by atoms with Crippen molar-refractivity contribution in [3.63, 3.8) is 0 Å². The summed E-state index contributed by atoms with van der Waals surface area (Å²) in [5.41, 5.74) is 1.97. The van der Waals surface area contributed by atoms with Gasteiger partial charge in [-0.1, -0.05) is 34.1 Å². The minimum absolute atomic E-state index is 0.339. The highest BCUT2D eigenvalue weighted by atomic mass is 79.9. The Kier molecular flexibility index (Phi) is 5.76. The molecule has 0 saturated carbocycles. The minimum Gasteiger partial charge on any atom is -0.490 e. The van der Waals surface area contributed by atoms with Crippen molar-refractivity contribution in [2.24, 2.45) is 0 Å². The molecule has 138 valence electrons. The quantitative estimate of drug-likeness (QED) is 0.390. The Hall–Kier alpha value is -2.86. The second kappa shape index (κ2) is 8.22. The van der Waals surface area contributed by atoms with Gasteiger partial charge in [0.05, 0.1) is 12.2 Å². The minimum atomic E-state index is -0.427. The molecule has 0 amide bonds. The van der Waals surface area contributed by atoms with Crippen molar-refractivity contribution in [2.45, 2.75) is 13.8 Å². The van der Waals surface area contributed by atoms with Gasteiger partial charge in [0, 0.05) is 17.0 Å². The number of ether oxygens (including phenoxy) is 3. The summed E-state index contributed by atoms with van der Waals surface area (Å²) in [6, 6.07) is 12.6. The van der Waals surface area contributed by atoms with Gasteiger partial charge in [-0.05, 0) is 48.9 Å². The van der Waals surface area contributed by atoms with E-state index in [0.717, 1.165) is 15.6 Å². The van der Waals surface area contributed by atoms with Crippen molar-refractivity contribution >= 4 is 39.7 Å². The van der Waals surface area contributed by atoms with E-state index in [0.29, 0.717) is 29.4 Å². The standard InChI is InChI=1S/C21H17BrO5/c1-3-25-20-11-14(4-9-18(20)26-13(2)23)10-16-12-19(27-21(16)24)15-5-7-17(22)8-6-15/h4-12H,3H2,1-2H3. The van der Waals surface area contributed by atoms with E-state index in [1.54, 1.807) is 30.4 Å². The van der Waals surface area contributed by atoms with E-state index in [-0.39, 0.29) is 0 Å². The first-order chi connectivity index (χ1) is 13.0. The number of esters is 2. The van der Waals surface area contributed by atoms with Crippen LogP contribution in [0.25, 0.3) is 11.8 Å². The largest absolute Gasteiger partial charge is 0.490 e. The number of hydrogen-bond donors (Lipinski definition) is 0. The van der Waals surface area contributed by atoms with Crippen LogP contribution in [0.1, 0.15) is 25.0 Å². The molecule has 5 nitrogen and oxygen atoms in total. The van der Waals surface area contributed by atoms with Crippen LogP contribution >= 0.6 is 15.9 Å². The summed E-state index contributed by atoms with van der Waals surface area (Å²) in [4.78, 5) is 23.4. The lowest BCUT2D eigenvalue weighted by Gasteiger charge is -2.10. The van der Waals surface area contributed by atoms with E-state index in [1.807, 2.05) is 31.2 Å². The lowest BCUT2D eigenvalue weighted by molar-refractivity contribution is -0.132. The third kappa shape index (κ3) is 4.65. The van der Waals surface area contributed by atoms with Crippen LogP contribution in [-0.4, -0.2) is 18.5 Å². The molecule has 0 atom stereocenters. The Balaban J connectivity index is 1.91. The smallest absolute Gasteiger partial charge is 0.343 e. The fraction of sp³-hybridized carbons (Fsp3) is 0.143. The fourth-order valence-electron chi connectivity index (χ4n) is 2.55. The molecule has 3 rings (SSSR count). The summed E-state index contributed by atoms with van der Waals surface area (Å²) in [5.74, 6) is 0.427. The zero-order chi connectivity index (χ0) is 19.4. The third-order valence-corrected chi connectivity index (χ3v) is 4.23. The number of benzene rings is 2. The maximum Gasteiger partial charge on any atom is 0.343 e. The molecule has 2 aromatic rings. The zero-order valence-electron chi connectivity index (χ0n) is 14.8. The fourth-order valence-corrected chi connectivity index (χ4v) is 2.81. The number of rotatable bonds is 5. The molecule has 0 fully saturated rings. The van der Waals surface area contributed by atoms with Gasteiger partial charge in [-0.2, -0.15) is 0 Å². The summed E-state index contributed by atoms with van der Waals surface area (Å²) in [5, 5.41) is 0. The van der Waals surface area contributed by atoms with Crippen LogP contribution in [0.15, 0.2) is 58.6 Å². The molecule has 1 heterocycles. The van der Waals surface area contributed by atoms with Gasteiger partial charge in [0.2, 0.25) is 0 Å². The van der Waals surface area contributed by atoms with Crippen molar-refractivity contribution in [2.75, 3.05) is 6.61 Å². The highest BCUT2D eigenvalue weighted by Crippen LogP contribution is 2.32. The van der Waals surface area contributed by atoms with Gasteiger partial charge in [0.25, 0.3) is 0 Å². The Labute approximate surface area is 165 Å². The summed E-state index contributed by atoms with van der Waals surface area (Å²) >= 11 is 3.38. The molecule has 0 aromatic heterocycles. The van der Waals surface area contributed by atoms with Gasteiger partial charge in [-0.25, -0.2) is 4.79 Å². The Morgan fingerprint density at radius 1 is 1.15 bits per heavy atom. The van der Waals surface area contributed by atoms with Crippen molar-refractivity contribution in [3.8, 4) is 11.5 Å². The van der Waals surface area contributed by atoms with Crippen molar-refractivity contribution in [3.05, 3.63) is 69.7 Å². The number of hydrogen-bond acceptors (Lipinski definition) is 5. The van der Waals surface area contributed by atoms with E-state index >= 15 is 0 Å². The molecule has 1 aliphatic heterocycles. The summed E-state index contributed by atoms with van der Waals surface area (Å²) < 4.78 is 17.0. The van der Waals surface area contributed by atoms with Gasteiger partial charge in [-0.15, -0.1) is 0 Å². The number of carbonyl (C=O) groups excluding carboxylic acids is 2. The van der Waals surface area contributed by atoms with Gasteiger partial charge < -0.3 is 14.2 Å². The van der Waals surface area contributed by atoms with Crippen molar-refractivity contribution in [1.29, 1.82) is 0 Å². The summed E-state index contributed by atoms with van der Waals surface area (Å²) in [6.45, 7) is 3.59. The van der Waals surface area contributed by atoms with Gasteiger partial charge in [0.15, 0.2) is 11.5 Å².